The van der Waals surface area contributed by atoms with Gasteiger partial charge in [0.15, 0.2) is 0 Å². The Hall–Kier alpha value is -1.25. The van der Waals surface area contributed by atoms with Gasteiger partial charge >= 0.3 is 18.3 Å². The predicted molar refractivity (Wildman–Crippen MR) is 93.4 cm³/mol. The number of ether oxygens (including phenoxy) is 1. The molecule has 0 saturated carbocycles. The molecule has 166 valence electrons. The van der Waals surface area contributed by atoms with Gasteiger partial charge < -0.3 is 9.84 Å². The number of alkyl halides is 6. The maximum atomic E-state index is 13.0. The minimum Gasteiger partial charge on any atom is -0.461 e. The lowest BCUT2D eigenvalue weighted by Gasteiger charge is -2.40. The molecule has 0 saturated heterocycles. The van der Waals surface area contributed by atoms with Crippen LogP contribution in [0.15, 0.2) is 11.6 Å². The van der Waals surface area contributed by atoms with Crippen molar-refractivity contribution >= 4 is 5.97 Å². The van der Waals surface area contributed by atoms with Crippen LogP contribution in [0.5, 0.6) is 0 Å². The van der Waals surface area contributed by atoms with Gasteiger partial charge in [0.05, 0.1) is 5.41 Å². The first-order chi connectivity index (χ1) is 12.1. The Morgan fingerprint density at radius 3 is 1.61 bits per heavy atom. The number of allylic oxidation sites excluding steroid dienone is 1. The molecule has 0 spiro atoms. The van der Waals surface area contributed by atoms with Crippen molar-refractivity contribution in [2.24, 2.45) is 16.7 Å². The molecule has 0 aromatic rings. The van der Waals surface area contributed by atoms with Crippen molar-refractivity contribution in [1.82, 2.24) is 0 Å². The van der Waals surface area contributed by atoms with Crippen molar-refractivity contribution < 1.29 is 41.0 Å². The minimum absolute atomic E-state index is 0.729. The summed E-state index contributed by atoms with van der Waals surface area (Å²) in [5.41, 5.74) is -6.28. The number of rotatable bonds is 6. The molecule has 1 N–H and O–H groups in total. The Labute approximate surface area is 162 Å². The molecule has 0 heterocycles. The number of halogens is 6. The molecule has 0 fully saturated rings. The molecule has 2 atom stereocenters. The van der Waals surface area contributed by atoms with Gasteiger partial charge in [0.25, 0.3) is 5.60 Å². The molecule has 0 aliphatic heterocycles. The maximum absolute atomic E-state index is 13.0. The molecule has 28 heavy (non-hydrogen) atoms. The van der Waals surface area contributed by atoms with Crippen molar-refractivity contribution in [3.63, 3.8) is 0 Å². The van der Waals surface area contributed by atoms with E-state index < -0.39 is 53.2 Å². The Balaban J connectivity index is 6.05. The van der Waals surface area contributed by atoms with Gasteiger partial charge in [-0.1, -0.05) is 46.3 Å². The maximum Gasteiger partial charge on any atom is 0.426 e. The van der Waals surface area contributed by atoms with Gasteiger partial charge in [0.2, 0.25) is 0 Å². The van der Waals surface area contributed by atoms with Crippen LogP contribution in [-0.2, 0) is 9.53 Å². The average Bonchev–Trinajstić information content (AvgIpc) is 2.41. The van der Waals surface area contributed by atoms with Crippen LogP contribution in [0.4, 0.5) is 26.3 Å². The molecule has 0 radical (unpaired) electrons. The van der Waals surface area contributed by atoms with Crippen LogP contribution in [0.25, 0.3) is 0 Å². The fourth-order valence-electron chi connectivity index (χ4n) is 2.52. The van der Waals surface area contributed by atoms with E-state index in [-0.39, 0.29) is 0 Å². The molecule has 0 aromatic carbocycles. The smallest absolute Gasteiger partial charge is 0.426 e. The highest BCUT2D eigenvalue weighted by atomic mass is 19.4. The van der Waals surface area contributed by atoms with E-state index in [9.17, 15) is 36.2 Å². The van der Waals surface area contributed by atoms with E-state index >= 15 is 0 Å². The van der Waals surface area contributed by atoms with E-state index in [2.05, 4.69) is 0 Å². The van der Waals surface area contributed by atoms with Crippen LogP contribution in [0, 0.1) is 16.7 Å². The van der Waals surface area contributed by atoms with Crippen LogP contribution >= 0.6 is 0 Å². The molecule has 9 heteroatoms. The summed E-state index contributed by atoms with van der Waals surface area (Å²) in [5.74, 6) is -1.84. The van der Waals surface area contributed by atoms with E-state index in [0.717, 1.165) is 5.57 Å². The average molecular weight is 420 g/mol. The molecule has 0 aromatic heterocycles. The quantitative estimate of drug-likeness (QED) is 0.335. The van der Waals surface area contributed by atoms with E-state index in [1.54, 1.807) is 40.7 Å². The Morgan fingerprint density at radius 1 is 0.964 bits per heavy atom. The van der Waals surface area contributed by atoms with Crippen molar-refractivity contribution in [3.05, 3.63) is 11.6 Å². The van der Waals surface area contributed by atoms with Crippen LogP contribution in [0.2, 0.25) is 0 Å². The van der Waals surface area contributed by atoms with Crippen LogP contribution in [0.1, 0.15) is 61.8 Å². The highest BCUT2D eigenvalue weighted by Crippen LogP contribution is 2.48. The second kappa shape index (κ2) is 8.24. The first-order valence-corrected chi connectivity index (χ1v) is 8.83. The van der Waals surface area contributed by atoms with Crippen molar-refractivity contribution in [1.29, 1.82) is 0 Å². The summed E-state index contributed by atoms with van der Waals surface area (Å²) in [6.45, 7) is 12.7. The summed E-state index contributed by atoms with van der Waals surface area (Å²) < 4.78 is 83.4. The van der Waals surface area contributed by atoms with Crippen molar-refractivity contribution in [2.75, 3.05) is 0 Å². The third-order valence-corrected chi connectivity index (χ3v) is 5.00. The first kappa shape index (κ1) is 26.8. The van der Waals surface area contributed by atoms with Gasteiger partial charge in [0, 0.05) is 6.42 Å². The summed E-state index contributed by atoms with van der Waals surface area (Å²) >= 11 is 0. The number of hydrogen-bond acceptors (Lipinski definition) is 3. The van der Waals surface area contributed by atoms with E-state index in [1.165, 1.54) is 20.8 Å². The molecular formula is C19H30F6O3. The zero-order valence-electron chi connectivity index (χ0n) is 17.5. The van der Waals surface area contributed by atoms with E-state index in [4.69, 9.17) is 4.74 Å². The highest BCUT2D eigenvalue weighted by Gasteiger charge is 2.71. The second-order valence-corrected chi connectivity index (χ2v) is 8.92. The summed E-state index contributed by atoms with van der Waals surface area (Å²) in [4.78, 5) is 12.8. The van der Waals surface area contributed by atoms with E-state index in [0.29, 0.717) is 0 Å². The van der Waals surface area contributed by atoms with Crippen LogP contribution < -0.4 is 0 Å². The zero-order chi connectivity index (χ0) is 22.9. The first-order valence-electron chi connectivity index (χ1n) is 8.83. The lowest BCUT2D eigenvalue weighted by Crippen LogP contribution is -2.59. The lowest BCUT2D eigenvalue weighted by molar-refractivity contribution is -0.374. The Morgan fingerprint density at radius 2 is 1.36 bits per heavy atom. The molecule has 0 amide bonds. The van der Waals surface area contributed by atoms with Gasteiger partial charge in [-0.2, -0.15) is 26.3 Å². The Kier molecular flexibility index (Phi) is 7.87. The standard InChI is InChI=1S/C19H30F6O3/c1-11(2)9-16(8,15(5,6)7)14(26)28-13(12(3)4)10-17(27,18(20,21)22)19(23,24)25/h9,12-13,27H,10H2,1-8H3. The summed E-state index contributed by atoms with van der Waals surface area (Å²) in [6.07, 6.45) is -14.0. The zero-order valence-corrected chi connectivity index (χ0v) is 17.5. The number of carbonyl (C=O) groups excluding carboxylic acids is 1. The summed E-state index contributed by atoms with van der Waals surface area (Å²) in [5, 5.41) is 9.47. The van der Waals surface area contributed by atoms with Gasteiger partial charge in [-0.15, -0.1) is 0 Å². The van der Waals surface area contributed by atoms with Crippen LogP contribution in [-0.4, -0.2) is 35.1 Å². The van der Waals surface area contributed by atoms with Gasteiger partial charge in [-0.05, 0) is 32.1 Å². The predicted octanol–water partition coefficient (Wildman–Crippen LogP) is 5.82. The molecule has 0 aliphatic carbocycles. The fourth-order valence-corrected chi connectivity index (χ4v) is 2.52. The van der Waals surface area contributed by atoms with E-state index in [1.807, 2.05) is 0 Å². The monoisotopic (exact) mass is 420 g/mol. The molecule has 0 rings (SSSR count). The lowest BCUT2D eigenvalue weighted by atomic mass is 9.67. The largest absolute Gasteiger partial charge is 0.461 e. The second-order valence-electron chi connectivity index (χ2n) is 8.92. The Bertz CT molecular complexity index is 566. The van der Waals surface area contributed by atoms with Crippen molar-refractivity contribution in [2.45, 2.75) is 85.9 Å². The summed E-state index contributed by atoms with van der Waals surface area (Å²) in [7, 11) is 0. The normalized spacial score (nSPS) is 17.1. The molecule has 3 nitrogen and oxygen atoms in total. The number of carbonyl (C=O) groups is 1. The highest BCUT2D eigenvalue weighted by molar-refractivity contribution is 5.80. The van der Waals surface area contributed by atoms with Gasteiger partial charge in [0.1, 0.15) is 6.10 Å². The topological polar surface area (TPSA) is 46.5 Å². The van der Waals surface area contributed by atoms with Crippen molar-refractivity contribution in [3.8, 4) is 0 Å². The number of aliphatic hydroxyl groups is 1. The number of hydrogen-bond donors (Lipinski definition) is 1. The molecule has 0 bridgehead atoms. The molecule has 2 unspecified atom stereocenters. The third kappa shape index (κ3) is 5.64. The third-order valence-electron chi connectivity index (χ3n) is 5.00. The summed E-state index contributed by atoms with van der Waals surface area (Å²) in [6, 6.07) is 0. The SMILES string of the molecule is CC(C)=CC(C)(C(=O)OC(CC(O)(C(F)(F)F)C(F)(F)F)C(C)C)C(C)(C)C. The number of esters is 1. The van der Waals surface area contributed by atoms with Gasteiger partial charge in [-0.3, -0.25) is 4.79 Å². The minimum atomic E-state index is -5.97. The fraction of sp³-hybridized carbons (Fsp3) is 0.842. The molecule has 0 aliphatic rings. The molecular weight excluding hydrogens is 390 g/mol. The van der Waals surface area contributed by atoms with Gasteiger partial charge in [-0.25, -0.2) is 0 Å². The van der Waals surface area contributed by atoms with Crippen LogP contribution in [0.3, 0.4) is 0 Å².